The molecule has 0 radical (unpaired) electrons. The Hall–Kier alpha value is -0.730. The zero-order valence-electron chi connectivity index (χ0n) is 6.91. The van der Waals surface area contributed by atoms with Gasteiger partial charge in [-0.1, -0.05) is 0 Å². The summed E-state index contributed by atoms with van der Waals surface area (Å²) in [5.41, 5.74) is -0.588. The molecule has 0 aliphatic heterocycles. The topological polar surface area (TPSA) is 42.1 Å². The molecule has 1 heterocycles. The van der Waals surface area contributed by atoms with Crippen molar-refractivity contribution in [3.05, 3.63) is 25.7 Å². The normalized spacial score (nSPS) is 11.5. The van der Waals surface area contributed by atoms with Crippen LogP contribution in [-0.4, -0.2) is 11.3 Å². The van der Waals surface area contributed by atoms with Crippen LogP contribution in [0.15, 0.2) is 11.0 Å². The number of rotatable bonds is 1. The number of alkyl halides is 3. The van der Waals surface area contributed by atoms with E-state index in [9.17, 15) is 18.0 Å². The average Bonchev–Trinajstić information content (AvgIpc) is 2.04. The largest absolute Gasteiger partial charge is 0.573 e. The molecule has 0 atom stereocenters. The number of hydrogen-bond acceptors (Lipinski definition) is 2. The third-order valence-corrected chi connectivity index (χ3v) is 2.20. The van der Waals surface area contributed by atoms with Crippen LogP contribution >= 0.6 is 22.6 Å². The smallest absolute Gasteiger partial charge is 0.399 e. The van der Waals surface area contributed by atoms with E-state index in [0.29, 0.717) is 0 Å². The summed E-state index contributed by atoms with van der Waals surface area (Å²) in [4.78, 5) is 13.7. The summed E-state index contributed by atoms with van der Waals surface area (Å²) in [7, 11) is 0. The summed E-state index contributed by atoms with van der Waals surface area (Å²) >= 11 is 1.56. The van der Waals surface area contributed by atoms with Crippen molar-refractivity contribution in [3.8, 4) is 5.75 Å². The second-order valence-electron chi connectivity index (χ2n) is 2.49. The third kappa shape index (κ3) is 2.63. The maximum Gasteiger partial charge on any atom is 0.573 e. The molecule has 0 aromatic carbocycles. The number of aryl methyl sites for hydroxylation is 1. The number of nitrogens with one attached hydrogen (secondary N) is 1. The Kier molecular flexibility index (Phi) is 3.07. The van der Waals surface area contributed by atoms with Crippen LogP contribution in [0, 0.1) is 10.6 Å². The lowest BCUT2D eigenvalue weighted by atomic mass is 10.3. The lowest BCUT2D eigenvalue weighted by Crippen LogP contribution is -2.23. The van der Waals surface area contributed by atoms with E-state index in [4.69, 9.17) is 0 Å². The van der Waals surface area contributed by atoms with Crippen molar-refractivity contribution in [3.63, 3.8) is 0 Å². The molecule has 0 fully saturated rings. The Labute approximate surface area is 90.4 Å². The highest BCUT2D eigenvalue weighted by Crippen LogP contribution is 2.23. The highest BCUT2D eigenvalue weighted by molar-refractivity contribution is 14.1. The number of H-pyrrole nitrogens is 1. The first-order chi connectivity index (χ1) is 6.31. The molecule has 78 valence electrons. The van der Waals surface area contributed by atoms with Crippen LogP contribution in [0.1, 0.15) is 5.56 Å². The van der Waals surface area contributed by atoms with Crippen LogP contribution in [0.4, 0.5) is 13.2 Å². The second kappa shape index (κ2) is 3.79. The van der Waals surface area contributed by atoms with Gasteiger partial charge in [0, 0.05) is 11.8 Å². The second-order valence-corrected chi connectivity index (χ2v) is 3.57. The third-order valence-electron chi connectivity index (χ3n) is 1.40. The number of ether oxygens (including phenoxy) is 1. The van der Waals surface area contributed by atoms with Gasteiger partial charge in [0.25, 0.3) is 0 Å². The van der Waals surface area contributed by atoms with E-state index in [1.165, 1.54) is 13.1 Å². The molecule has 0 amide bonds. The van der Waals surface area contributed by atoms with Crippen molar-refractivity contribution < 1.29 is 17.9 Å². The van der Waals surface area contributed by atoms with Gasteiger partial charge < -0.3 is 9.72 Å². The van der Waals surface area contributed by atoms with Crippen LogP contribution in [0.3, 0.4) is 0 Å². The minimum atomic E-state index is -4.85. The summed E-state index contributed by atoms with van der Waals surface area (Å²) in [5, 5.41) is 0. The minimum Gasteiger partial charge on any atom is -0.399 e. The monoisotopic (exact) mass is 319 g/mol. The summed E-state index contributed by atoms with van der Waals surface area (Å²) in [6.45, 7) is 1.40. The van der Waals surface area contributed by atoms with Gasteiger partial charge in [-0.05, 0) is 29.5 Å². The van der Waals surface area contributed by atoms with Gasteiger partial charge in [-0.15, -0.1) is 13.2 Å². The highest BCUT2D eigenvalue weighted by atomic mass is 127. The van der Waals surface area contributed by atoms with Gasteiger partial charge in [0.05, 0.1) is 0 Å². The Bertz CT molecular complexity index is 399. The van der Waals surface area contributed by atoms with E-state index < -0.39 is 17.5 Å². The summed E-state index contributed by atoms with van der Waals surface area (Å²) in [6.07, 6.45) is -3.52. The summed E-state index contributed by atoms with van der Waals surface area (Å²) < 4.78 is 39.2. The fourth-order valence-electron chi connectivity index (χ4n) is 0.788. The van der Waals surface area contributed by atoms with E-state index in [1.807, 2.05) is 0 Å². The molecule has 14 heavy (non-hydrogen) atoms. The average molecular weight is 319 g/mol. The fraction of sp³-hybridized carbons (Fsp3) is 0.286. The molecule has 1 aromatic rings. The first-order valence-electron chi connectivity index (χ1n) is 3.45. The molecule has 7 heteroatoms. The quantitative estimate of drug-likeness (QED) is 0.637. The summed E-state index contributed by atoms with van der Waals surface area (Å²) in [6, 6.07) is 0. The van der Waals surface area contributed by atoms with Crippen LogP contribution in [0.5, 0.6) is 5.75 Å². The summed E-state index contributed by atoms with van der Waals surface area (Å²) in [5.74, 6) is -0.710. The molecule has 0 saturated carbocycles. The van der Waals surface area contributed by atoms with Crippen molar-refractivity contribution in [1.82, 2.24) is 4.98 Å². The van der Waals surface area contributed by atoms with Gasteiger partial charge >= 0.3 is 6.36 Å². The lowest BCUT2D eigenvalue weighted by molar-refractivity contribution is -0.275. The van der Waals surface area contributed by atoms with E-state index in [2.05, 4.69) is 9.72 Å². The van der Waals surface area contributed by atoms with Gasteiger partial charge in [0.2, 0.25) is 11.2 Å². The minimum absolute atomic E-state index is 0.0236. The lowest BCUT2D eigenvalue weighted by Gasteiger charge is -2.09. The van der Waals surface area contributed by atoms with Gasteiger partial charge in [-0.3, -0.25) is 4.79 Å². The SMILES string of the molecule is Cc1c[nH]c(I)c(OC(F)(F)F)c1=O. The molecule has 0 unspecified atom stereocenters. The van der Waals surface area contributed by atoms with E-state index >= 15 is 0 Å². The van der Waals surface area contributed by atoms with Crippen molar-refractivity contribution in [1.29, 1.82) is 0 Å². The Morgan fingerprint density at radius 3 is 2.57 bits per heavy atom. The fourth-order valence-corrected chi connectivity index (χ4v) is 1.30. The molecule has 3 nitrogen and oxygen atoms in total. The van der Waals surface area contributed by atoms with E-state index in [-0.39, 0.29) is 9.26 Å². The number of halogens is 4. The number of aromatic amines is 1. The first kappa shape index (κ1) is 11.3. The molecule has 0 aliphatic carbocycles. The number of hydrogen-bond donors (Lipinski definition) is 1. The van der Waals surface area contributed by atoms with E-state index in [1.54, 1.807) is 22.6 Å². The van der Waals surface area contributed by atoms with Crippen LogP contribution < -0.4 is 10.2 Å². The molecular formula is C7H5F3INO2. The van der Waals surface area contributed by atoms with Gasteiger partial charge in [0.1, 0.15) is 3.70 Å². The van der Waals surface area contributed by atoms with Crippen LogP contribution in [0.2, 0.25) is 0 Å². The number of pyridine rings is 1. The zero-order chi connectivity index (χ0) is 10.9. The molecule has 1 rings (SSSR count). The maximum absolute atomic E-state index is 11.9. The standard InChI is InChI=1S/C7H5F3INO2/c1-3-2-12-6(11)5(4(3)13)14-7(8,9)10/h2H,1H3,(H,12,13). The van der Waals surface area contributed by atoms with Crippen LogP contribution in [0.25, 0.3) is 0 Å². The molecule has 0 spiro atoms. The van der Waals surface area contributed by atoms with Crippen LogP contribution in [-0.2, 0) is 0 Å². The molecule has 1 N–H and O–H groups in total. The highest BCUT2D eigenvalue weighted by Gasteiger charge is 2.33. The van der Waals surface area contributed by atoms with Crippen molar-refractivity contribution in [2.75, 3.05) is 0 Å². The molecular weight excluding hydrogens is 314 g/mol. The van der Waals surface area contributed by atoms with Gasteiger partial charge in [-0.25, -0.2) is 0 Å². The van der Waals surface area contributed by atoms with Crippen molar-refractivity contribution in [2.24, 2.45) is 0 Å². The Balaban J connectivity index is 3.21. The van der Waals surface area contributed by atoms with Gasteiger partial charge in [-0.2, -0.15) is 0 Å². The maximum atomic E-state index is 11.9. The molecule has 0 aliphatic rings. The van der Waals surface area contributed by atoms with E-state index in [0.717, 1.165) is 0 Å². The van der Waals surface area contributed by atoms with Crippen molar-refractivity contribution >= 4 is 22.6 Å². The number of aromatic nitrogens is 1. The zero-order valence-corrected chi connectivity index (χ0v) is 9.06. The van der Waals surface area contributed by atoms with Crippen molar-refractivity contribution in [2.45, 2.75) is 13.3 Å². The Morgan fingerprint density at radius 2 is 2.07 bits per heavy atom. The first-order valence-corrected chi connectivity index (χ1v) is 4.52. The van der Waals surface area contributed by atoms with Gasteiger partial charge in [0.15, 0.2) is 0 Å². The predicted octanol–water partition coefficient (Wildman–Crippen LogP) is 2.19. The molecule has 1 aromatic heterocycles. The molecule has 0 saturated heterocycles. The predicted molar refractivity (Wildman–Crippen MR) is 51.2 cm³/mol. The molecule has 0 bridgehead atoms. The Morgan fingerprint density at radius 1 is 1.50 bits per heavy atom.